The maximum atomic E-state index is 6.04. The Bertz CT molecular complexity index is 5880. The summed E-state index contributed by atoms with van der Waals surface area (Å²) in [5, 5.41) is 13.3. The van der Waals surface area contributed by atoms with Crippen molar-refractivity contribution in [2.45, 2.75) is 173 Å². The number of fused-ring (bicyclic) bond motifs is 3. The molecular weight excluding hydrogens is 1980 g/mol. The van der Waals surface area contributed by atoms with Crippen molar-refractivity contribution in [3.8, 4) is 0 Å². The summed E-state index contributed by atoms with van der Waals surface area (Å²) in [6.07, 6.45) is 32.7. The summed E-state index contributed by atoms with van der Waals surface area (Å²) in [6, 6.07) is 115. The molecule has 0 heterocycles. The fourth-order valence-corrected chi connectivity index (χ4v) is 47.1. The Hall–Kier alpha value is -7.48. The molecule has 0 spiro atoms. The third kappa shape index (κ3) is 31.4. The van der Waals surface area contributed by atoms with E-state index in [0.29, 0.717) is 63.4 Å². The number of nitrogens with zero attached hydrogens (tertiary/aromatic N) is 6. The van der Waals surface area contributed by atoms with Crippen molar-refractivity contribution in [1.82, 2.24) is 0 Å². The van der Waals surface area contributed by atoms with Crippen molar-refractivity contribution in [2.24, 2.45) is 35.5 Å². The first-order valence-corrected chi connectivity index (χ1v) is 62.6. The molecule has 18 rings (SSSR count). The summed E-state index contributed by atoms with van der Waals surface area (Å²) in [4.78, 5) is 24.1. The third-order valence-corrected chi connectivity index (χ3v) is 52.0. The molecule has 13 atom stereocenters. The number of rotatable bonds is 21. The largest absolute Gasteiger partial charge is 3.00 e. The maximum absolute atomic E-state index is 6.04. The molecular formula is C132H168N6P3Sc3Si3. The molecule has 0 aliphatic heterocycles. The molecule has 147 heavy (non-hydrogen) atoms. The van der Waals surface area contributed by atoms with Crippen LogP contribution in [0.15, 0.2) is 382 Å². The average Bonchev–Trinajstić information content (AvgIpc) is 1.54. The van der Waals surface area contributed by atoms with Crippen LogP contribution in [-0.2, 0) is 77.5 Å². The van der Waals surface area contributed by atoms with Gasteiger partial charge >= 0.3 is 77.5 Å². The van der Waals surface area contributed by atoms with Gasteiger partial charge in [0.25, 0.3) is 0 Å². The first kappa shape index (κ1) is 126. The zero-order valence-electron chi connectivity index (χ0n) is 93.8. The fraction of sp³-hybridized carbons (Fsp3) is 0.318. The number of hydrogen-bond acceptors (Lipinski definition) is 3. The van der Waals surface area contributed by atoms with Crippen molar-refractivity contribution >= 4 is 113 Å². The predicted molar refractivity (Wildman–Crippen MR) is 655 cm³/mol. The van der Waals surface area contributed by atoms with Gasteiger partial charge in [-0.15, -0.1) is 42.7 Å². The van der Waals surface area contributed by atoms with Crippen molar-refractivity contribution in [1.29, 1.82) is 0 Å². The molecule has 762 valence electrons. The fourth-order valence-electron chi connectivity index (χ4n) is 22.9. The first-order valence-electron chi connectivity index (χ1n) is 51.0. The Labute approximate surface area is 956 Å². The van der Waals surface area contributed by atoms with Crippen LogP contribution in [0.1, 0.15) is 132 Å². The van der Waals surface area contributed by atoms with Gasteiger partial charge in [-0.1, -0.05) is 498 Å². The van der Waals surface area contributed by atoms with Gasteiger partial charge in [0.1, 0.15) is 0 Å². The molecule has 0 N–H and O–H groups in total. The van der Waals surface area contributed by atoms with Crippen LogP contribution in [0.2, 0.25) is 16.6 Å². The van der Waals surface area contributed by atoms with Gasteiger partial charge in [-0.2, -0.15) is 55.7 Å². The summed E-state index contributed by atoms with van der Waals surface area (Å²) in [6.45, 7) is 53.0. The summed E-state index contributed by atoms with van der Waals surface area (Å²) < 4.78 is 0. The molecule has 6 aliphatic carbocycles. The van der Waals surface area contributed by atoms with Crippen LogP contribution in [0.4, 0.5) is 17.1 Å². The van der Waals surface area contributed by atoms with Gasteiger partial charge in [0.05, 0.1) is 0 Å². The minimum Gasteiger partial charge on any atom is -0.652 e. The SMILES string of the molecule is Cc1ccc([Si]([N-]C(C)(C)C)(c2ccc(C)cc2)C2CC(P(C)C)C3C=CC=CC32)cc1.Cc1ccc([Si]([N-]C(C)(C)C)(c2ccc(C)cc2)C2CC(P(C)c3ccccc3)C3C=CC=CC32)cc1.Cc1ccc([Si]([N-]C(C)(C)C)(c2ccc(C)cc2)C2CC(P(c3ccccc3)c3ccccc3)C3C=CC=CC32)cc1.[CH2-]c1ccccc1N(C)C.[CH2-]c1ccccc1N(C)C.[CH2-]c1ccccc1N(C)C.[CH3-].[CH3-].[CH3-].[Sc+3].[Sc+3].[Sc+3]. The molecule has 3 fully saturated rings. The van der Waals surface area contributed by atoms with Crippen LogP contribution >= 0.6 is 23.8 Å². The number of allylic oxidation sites excluding steroid dienone is 12. The molecule has 13 unspecified atom stereocenters. The Morgan fingerprint density at radius 3 is 0.673 bits per heavy atom. The first-order chi connectivity index (χ1) is 67.2. The monoisotopic (exact) mass is 2150 g/mol. The van der Waals surface area contributed by atoms with E-state index in [9.17, 15) is 0 Å². The zero-order chi connectivity index (χ0) is 101. The van der Waals surface area contributed by atoms with Crippen LogP contribution in [-0.4, -0.2) is 121 Å². The van der Waals surface area contributed by atoms with E-state index in [0.717, 1.165) is 22.3 Å². The van der Waals surface area contributed by atoms with E-state index < -0.39 is 32.6 Å². The Morgan fingerprint density at radius 1 is 0.259 bits per heavy atom. The van der Waals surface area contributed by atoms with Crippen LogP contribution in [0.25, 0.3) is 14.9 Å². The number of hydrogen-bond donors (Lipinski definition) is 0. The van der Waals surface area contributed by atoms with E-state index in [1.165, 1.54) is 117 Å². The van der Waals surface area contributed by atoms with Crippen molar-refractivity contribution in [3.63, 3.8) is 0 Å². The standard InChI is InChI=1S/C39H43NPSi.C34H41NPSi.C29H39NPSi.3C9H12N.3CH3.3Sc/c1-29-20-24-33(25-21-29)42(40-39(3,4)5,34-26-22-30(2)23-27-34)38-28-37(35-18-12-13-19-36(35)38)41(31-14-8-6-9-15-31)32-16-10-7-11-17-32;1-25-16-20-28(21-17-25)37(35-34(3,4)5,29-22-18-26(2)19-23-29)33-24-32(30-14-10-11-15-31(30)33)36(6)27-12-8-7-9-13-27;1-21-12-16-23(17-13-21)32(30-29(3,4)5,24-18-14-22(2)15-19-24)28-20-27(31(6)7)25-10-8-9-11-26(25)28;3*1-8-6-4-5-7-9(8)10(2)3;;;;;;/h6-27,35-38H,28H2,1-5H3;7-23,30-33H,24H2,1-6H3;8-19,25-28H,20H2,1-7H3;3*4-7H,1H2,2-3H3;3*1H3;;;/q9*-1;3*+3. The summed E-state index contributed by atoms with van der Waals surface area (Å²) in [5.74, 6) is 3.27. The van der Waals surface area contributed by atoms with Gasteiger partial charge in [-0.25, -0.2) is 0 Å². The third-order valence-electron chi connectivity index (χ3n) is 29.1. The van der Waals surface area contributed by atoms with Gasteiger partial charge in [0.2, 0.25) is 0 Å². The minimum atomic E-state index is -2.64. The van der Waals surface area contributed by atoms with Gasteiger partial charge in [-0.05, 0) is 216 Å². The molecule has 0 bridgehead atoms. The van der Waals surface area contributed by atoms with Gasteiger partial charge in [0.15, 0.2) is 0 Å². The van der Waals surface area contributed by atoms with Crippen molar-refractivity contribution < 1.29 is 77.5 Å². The summed E-state index contributed by atoms with van der Waals surface area (Å²) >= 11 is 0. The number of para-hydroxylation sites is 3. The summed E-state index contributed by atoms with van der Waals surface area (Å²) in [5.41, 5.74) is 17.8. The van der Waals surface area contributed by atoms with E-state index >= 15 is 0 Å². The Balaban J connectivity index is 0.000000257. The quantitative estimate of drug-likeness (QED) is 0.0409. The van der Waals surface area contributed by atoms with E-state index in [1.807, 2.05) is 96.9 Å². The van der Waals surface area contributed by atoms with Gasteiger partial charge < -0.3 is 51.9 Å². The Kier molecular flexibility index (Phi) is 49.0. The molecule has 6 nitrogen and oxygen atoms in total. The second-order valence-corrected chi connectivity index (χ2v) is 62.3. The van der Waals surface area contributed by atoms with E-state index in [4.69, 9.17) is 14.9 Å². The second-order valence-electron chi connectivity index (χ2n) is 43.9. The van der Waals surface area contributed by atoms with E-state index in [1.54, 1.807) is 0 Å². The molecule has 3 saturated carbocycles. The maximum Gasteiger partial charge on any atom is 3.00 e. The van der Waals surface area contributed by atoms with Gasteiger partial charge in [-0.3, -0.25) is 0 Å². The van der Waals surface area contributed by atoms with E-state index in [-0.39, 0.29) is 132 Å². The summed E-state index contributed by atoms with van der Waals surface area (Å²) in [7, 11) is 3.64. The Morgan fingerprint density at radius 2 is 0.456 bits per heavy atom. The van der Waals surface area contributed by atoms with Crippen LogP contribution in [0, 0.1) is 120 Å². The van der Waals surface area contributed by atoms with E-state index in [2.05, 4.69) is 487 Å². The molecule has 0 amide bonds. The minimum absolute atomic E-state index is 0. The molecule has 6 aliphatic rings. The second kappa shape index (κ2) is 56.9. The molecule has 12 aromatic carbocycles. The number of benzene rings is 12. The zero-order valence-corrected chi connectivity index (χ0v) is 105. The molecule has 0 radical (unpaired) electrons. The topological polar surface area (TPSA) is 52.0 Å². The predicted octanol–water partition coefficient (Wildman–Crippen LogP) is 29.6. The van der Waals surface area contributed by atoms with Crippen LogP contribution < -0.4 is 61.7 Å². The average molecular weight is 2150 g/mol. The smallest absolute Gasteiger partial charge is 0.652 e. The van der Waals surface area contributed by atoms with Crippen molar-refractivity contribution in [2.75, 3.05) is 77.0 Å². The van der Waals surface area contributed by atoms with Gasteiger partial charge in [0, 0.05) is 24.7 Å². The molecule has 15 heteroatoms. The molecule has 12 aromatic rings. The van der Waals surface area contributed by atoms with Crippen LogP contribution in [0.3, 0.4) is 0 Å². The number of anilines is 3. The molecule has 0 aromatic heterocycles. The molecule has 0 saturated heterocycles. The number of aryl methyl sites for hydroxylation is 6. The van der Waals surface area contributed by atoms with Crippen molar-refractivity contribution in [3.05, 3.63) is 490 Å². The van der Waals surface area contributed by atoms with Crippen LogP contribution in [0.5, 0.6) is 0 Å². The normalized spacial score (nSPS) is 19.8.